The van der Waals surface area contributed by atoms with Crippen molar-refractivity contribution in [2.24, 2.45) is 0 Å². The van der Waals surface area contributed by atoms with E-state index in [0.29, 0.717) is 0 Å². The molecule has 0 spiro atoms. The van der Waals surface area contributed by atoms with Gasteiger partial charge in [-0.1, -0.05) is 49.7 Å². The van der Waals surface area contributed by atoms with Crippen LogP contribution in [0.25, 0.3) is 0 Å². The number of aryl methyl sites for hydroxylation is 1. The van der Waals surface area contributed by atoms with E-state index in [1.165, 1.54) is 4.88 Å². The molecule has 18 heavy (non-hydrogen) atoms. The SMILES string of the molecule is CCCC(O)(CCc1cccs1)c1ccccc1. The highest BCUT2D eigenvalue weighted by Gasteiger charge is 2.27. The van der Waals surface area contributed by atoms with Crippen molar-refractivity contribution >= 4 is 11.3 Å². The van der Waals surface area contributed by atoms with E-state index in [-0.39, 0.29) is 0 Å². The third-order valence-corrected chi connectivity index (χ3v) is 4.28. The van der Waals surface area contributed by atoms with Gasteiger partial charge in [-0.3, -0.25) is 0 Å². The van der Waals surface area contributed by atoms with Crippen molar-refractivity contribution < 1.29 is 5.11 Å². The van der Waals surface area contributed by atoms with Gasteiger partial charge in [0.15, 0.2) is 0 Å². The van der Waals surface area contributed by atoms with Crippen molar-refractivity contribution in [2.45, 2.75) is 38.2 Å². The van der Waals surface area contributed by atoms with E-state index in [1.54, 1.807) is 11.3 Å². The number of thiophene rings is 1. The number of benzene rings is 1. The third-order valence-electron chi connectivity index (χ3n) is 3.34. The third kappa shape index (κ3) is 3.21. The predicted octanol–water partition coefficient (Wildman–Crippen LogP) is 4.37. The fourth-order valence-corrected chi connectivity index (χ4v) is 3.07. The van der Waals surface area contributed by atoms with Gasteiger partial charge in [0.05, 0.1) is 5.60 Å². The minimum Gasteiger partial charge on any atom is -0.385 e. The van der Waals surface area contributed by atoms with Crippen LogP contribution < -0.4 is 0 Å². The molecule has 1 aromatic carbocycles. The lowest BCUT2D eigenvalue weighted by atomic mass is 9.85. The lowest BCUT2D eigenvalue weighted by molar-refractivity contribution is 0.0181. The Morgan fingerprint density at radius 2 is 1.83 bits per heavy atom. The molecule has 0 saturated carbocycles. The summed E-state index contributed by atoms with van der Waals surface area (Å²) in [5.74, 6) is 0. The second kappa shape index (κ2) is 6.17. The lowest BCUT2D eigenvalue weighted by Gasteiger charge is -2.28. The normalized spacial score (nSPS) is 14.3. The van der Waals surface area contributed by atoms with Crippen LogP contribution in [-0.2, 0) is 12.0 Å². The smallest absolute Gasteiger partial charge is 0.0899 e. The second-order valence-electron chi connectivity index (χ2n) is 4.73. The van der Waals surface area contributed by atoms with E-state index < -0.39 is 5.60 Å². The molecular formula is C16H20OS. The number of hydrogen-bond donors (Lipinski definition) is 1. The van der Waals surface area contributed by atoms with Crippen molar-refractivity contribution in [1.29, 1.82) is 0 Å². The topological polar surface area (TPSA) is 20.2 Å². The molecule has 1 N–H and O–H groups in total. The van der Waals surface area contributed by atoms with Gasteiger partial charge in [0, 0.05) is 4.88 Å². The first-order chi connectivity index (χ1) is 8.74. The first-order valence-electron chi connectivity index (χ1n) is 6.55. The molecule has 0 fully saturated rings. The Hall–Kier alpha value is -1.12. The molecule has 0 bridgehead atoms. The minimum atomic E-state index is -0.681. The fourth-order valence-electron chi connectivity index (χ4n) is 2.36. The summed E-state index contributed by atoms with van der Waals surface area (Å²) in [4.78, 5) is 1.35. The van der Waals surface area contributed by atoms with Crippen molar-refractivity contribution in [3.05, 3.63) is 58.3 Å². The molecule has 1 unspecified atom stereocenters. The molecule has 0 amide bonds. The molecule has 0 aliphatic carbocycles. The molecule has 1 nitrogen and oxygen atoms in total. The molecule has 0 aliphatic heterocycles. The highest BCUT2D eigenvalue weighted by molar-refractivity contribution is 7.09. The van der Waals surface area contributed by atoms with Crippen LogP contribution in [0.4, 0.5) is 0 Å². The zero-order chi connectivity index (χ0) is 12.8. The van der Waals surface area contributed by atoms with Gasteiger partial charge in [0.2, 0.25) is 0 Å². The Labute approximate surface area is 113 Å². The van der Waals surface area contributed by atoms with E-state index in [9.17, 15) is 5.11 Å². The summed E-state index contributed by atoms with van der Waals surface area (Å²) >= 11 is 1.77. The van der Waals surface area contributed by atoms with Crippen molar-refractivity contribution in [3.63, 3.8) is 0 Å². The molecule has 0 aliphatic rings. The van der Waals surface area contributed by atoms with Crippen LogP contribution in [-0.4, -0.2) is 5.11 Å². The summed E-state index contributed by atoms with van der Waals surface area (Å²) in [5.41, 5.74) is 0.364. The average Bonchev–Trinajstić information content (AvgIpc) is 2.91. The van der Waals surface area contributed by atoms with Gasteiger partial charge in [-0.25, -0.2) is 0 Å². The number of rotatable bonds is 6. The van der Waals surface area contributed by atoms with Crippen LogP contribution in [0.15, 0.2) is 47.8 Å². The van der Waals surface area contributed by atoms with Crippen molar-refractivity contribution in [2.75, 3.05) is 0 Å². The zero-order valence-corrected chi connectivity index (χ0v) is 11.6. The summed E-state index contributed by atoms with van der Waals surface area (Å²) in [6, 6.07) is 14.3. The maximum Gasteiger partial charge on any atom is 0.0899 e. The Morgan fingerprint density at radius 1 is 1.06 bits per heavy atom. The van der Waals surface area contributed by atoms with Crippen LogP contribution in [0.1, 0.15) is 36.6 Å². The van der Waals surface area contributed by atoms with E-state index >= 15 is 0 Å². The maximum absolute atomic E-state index is 10.9. The van der Waals surface area contributed by atoms with E-state index in [4.69, 9.17) is 0 Å². The van der Waals surface area contributed by atoms with E-state index in [1.807, 2.05) is 30.3 Å². The van der Waals surface area contributed by atoms with Crippen LogP contribution in [0, 0.1) is 0 Å². The first-order valence-corrected chi connectivity index (χ1v) is 7.43. The fraction of sp³-hybridized carbons (Fsp3) is 0.375. The average molecular weight is 260 g/mol. The van der Waals surface area contributed by atoms with Crippen LogP contribution >= 0.6 is 11.3 Å². The predicted molar refractivity (Wildman–Crippen MR) is 77.9 cm³/mol. The second-order valence-corrected chi connectivity index (χ2v) is 5.76. The number of aliphatic hydroxyl groups is 1. The van der Waals surface area contributed by atoms with Crippen molar-refractivity contribution in [3.8, 4) is 0 Å². The first kappa shape index (κ1) is 13.3. The Morgan fingerprint density at radius 3 is 2.44 bits per heavy atom. The van der Waals surface area contributed by atoms with Crippen LogP contribution in [0.3, 0.4) is 0 Å². The van der Waals surface area contributed by atoms with Crippen LogP contribution in [0.2, 0.25) is 0 Å². The van der Waals surface area contributed by atoms with Gasteiger partial charge in [0.1, 0.15) is 0 Å². The molecule has 1 heterocycles. The van der Waals surface area contributed by atoms with Crippen LogP contribution in [0.5, 0.6) is 0 Å². The zero-order valence-electron chi connectivity index (χ0n) is 10.8. The molecule has 2 rings (SSSR count). The molecular weight excluding hydrogens is 240 g/mol. The highest BCUT2D eigenvalue weighted by Crippen LogP contribution is 2.32. The summed E-state index contributed by atoms with van der Waals surface area (Å²) in [6.07, 6.45) is 3.56. The highest BCUT2D eigenvalue weighted by atomic mass is 32.1. The largest absolute Gasteiger partial charge is 0.385 e. The Balaban J connectivity index is 2.11. The number of hydrogen-bond acceptors (Lipinski definition) is 2. The molecule has 96 valence electrons. The summed E-state index contributed by atoms with van der Waals surface area (Å²) in [7, 11) is 0. The van der Waals surface area contributed by atoms with Gasteiger partial charge in [-0.05, 0) is 36.3 Å². The monoisotopic (exact) mass is 260 g/mol. The van der Waals surface area contributed by atoms with Gasteiger partial charge >= 0.3 is 0 Å². The minimum absolute atomic E-state index is 0.681. The molecule has 0 saturated heterocycles. The maximum atomic E-state index is 10.9. The van der Waals surface area contributed by atoms with Gasteiger partial charge in [-0.2, -0.15) is 0 Å². The molecule has 0 radical (unpaired) electrons. The summed E-state index contributed by atoms with van der Waals surface area (Å²) < 4.78 is 0. The molecule has 1 aromatic heterocycles. The standard InChI is InChI=1S/C16H20OS/c1-2-11-16(17,14-7-4-3-5-8-14)12-10-15-9-6-13-18-15/h3-9,13,17H,2,10-12H2,1H3. The Bertz CT molecular complexity index is 449. The van der Waals surface area contributed by atoms with E-state index in [0.717, 1.165) is 31.2 Å². The Kier molecular flexibility index (Phi) is 4.56. The summed E-state index contributed by atoms with van der Waals surface area (Å²) in [5, 5.41) is 13.0. The molecule has 1 atom stereocenters. The lowest BCUT2D eigenvalue weighted by Crippen LogP contribution is -2.26. The molecule has 2 heteroatoms. The molecule has 2 aromatic rings. The van der Waals surface area contributed by atoms with Crippen molar-refractivity contribution in [1.82, 2.24) is 0 Å². The van der Waals surface area contributed by atoms with Gasteiger partial charge < -0.3 is 5.11 Å². The summed E-state index contributed by atoms with van der Waals surface area (Å²) in [6.45, 7) is 2.12. The van der Waals surface area contributed by atoms with Gasteiger partial charge in [-0.15, -0.1) is 11.3 Å². The van der Waals surface area contributed by atoms with Gasteiger partial charge in [0.25, 0.3) is 0 Å². The van der Waals surface area contributed by atoms with E-state index in [2.05, 4.69) is 24.4 Å². The quantitative estimate of drug-likeness (QED) is 0.817.